The first-order valence-electron chi connectivity index (χ1n) is 10.5. The SMILES string of the molecule is COc1ccc(CN2CCCC(C(NC(=O)C(C)(C)C)c3ccccn3)C2)c(F)c1. The molecular formula is C24H32FN3O2. The van der Waals surface area contributed by atoms with Gasteiger partial charge >= 0.3 is 0 Å². The minimum atomic E-state index is -0.479. The van der Waals surface area contributed by atoms with E-state index in [0.717, 1.165) is 31.6 Å². The lowest BCUT2D eigenvalue weighted by Crippen LogP contribution is -2.45. The van der Waals surface area contributed by atoms with Crippen LogP contribution in [0, 0.1) is 17.2 Å². The van der Waals surface area contributed by atoms with Gasteiger partial charge < -0.3 is 10.1 Å². The monoisotopic (exact) mass is 413 g/mol. The number of nitrogens with zero attached hydrogens (tertiary/aromatic N) is 2. The molecule has 1 fully saturated rings. The smallest absolute Gasteiger partial charge is 0.225 e. The zero-order valence-electron chi connectivity index (χ0n) is 18.3. The Labute approximate surface area is 178 Å². The van der Waals surface area contributed by atoms with Crippen molar-refractivity contribution in [3.63, 3.8) is 0 Å². The molecule has 0 aliphatic carbocycles. The highest BCUT2D eigenvalue weighted by Crippen LogP contribution is 2.31. The number of aromatic nitrogens is 1. The highest BCUT2D eigenvalue weighted by atomic mass is 19.1. The van der Waals surface area contributed by atoms with Gasteiger partial charge in [0.1, 0.15) is 11.6 Å². The van der Waals surface area contributed by atoms with Gasteiger partial charge in [-0.05, 0) is 43.5 Å². The quantitative estimate of drug-likeness (QED) is 0.765. The van der Waals surface area contributed by atoms with Crippen LogP contribution < -0.4 is 10.1 Å². The molecule has 0 bridgehead atoms. The number of benzene rings is 1. The number of hydrogen-bond donors (Lipinski definition) is 1. The number of hydrogen-bond acceptors (Lipinski definition) is 4. The number of carbonyl (C=O) groups is 1. The Hall–Kier alpha value is -2.47. The fourth-order valence-electron chi connectivity index (χ4n) is 3.88. The number of nitrogens with one attached hydrogen (secondary N) is 1. The van der Waals surface area contributed by atoms with Crippen LogP contribution in [0.4, 0.5) is 4.39 Å². The number of pyridine rings is 1. The molecule has 2 unspecified atom stereocenters. The minimum absolute atomic E-state index is 0.0106. The summed E-state index contributed by atoms with van der Waals surface area (Å²) in [7, 11) is 1.54. The largest absolute Gasteiger partial charge is 0.497 e. The summed E-state index contributed by atoms with van der Waals surface area (Å²) >= 11 is 0. The van der Waals surface area contributed by atoms with Crippen molar-refractivity contribution in [2.24, 2.45) is 11.3 Å². The van der Waals surface area contributed by atoms with E-state index in [-0.39, 0.29) is 23.7 Å². The van der Waals surface area contributed by atoms with E-state index in [1.807, 2.05) is 39.0 Å². The van der Waals surface area contributed by atoms with Crippen molar-refractivity contribution in [2.75, 3.05) is 20.2 Å². The topological polar surface area (TPSA) is 54.5 Å². The molecule has 2 aromatic rings. The summed E-state index contributed by atoms with van der Waals surface area (Å²) in [5.74, 6) is 0.490. The van der Waals surface area contributed by atoms with E-state index >= 15 is 0 Å². The van der Waals surface area contributed by atoms with Gasteiger partial charge in [-0.3, -0.25) is 14.7 Å². The second kappa shape index (κ2) is 9.56. The molecule has 6 heteroatoms. The van der Waals surface area contributed by atoms with Gasteiger partial charge in [0.15, 0.2) is 0 Å². The molecular weight excluding hydrogens is 381 g/mol. The molecule has 1 aromatic carbocycles. The first-order valence-corrected chi connectivity index (χ1v) is 10.5. The molecule has 0 saturated carbocycles. The second-order valence-corrected chi connectivity index (χ2v) is 9.05. The predicted octanol–water partition coefficient (Wildman–Crippen LogP) is 4.34. The average molecular weight is 414 g/mol. The van der Waals surface area contributed by atoms with Gasteiger partial charge in [0.05, 0.1) is 18.8 Å². The molecule has 2 atom stereocenters. The number of methoxy groups -OCH3 is 1. The van der Waals surface area contributed by atoms with Crippen molar-refractivity contribution < 1.29 is 13.9 Å². The Morgan fingerprint density at radius 1 is 1.33 bits per heavy atom. The van der Waals surface area contributed by atoms with Crippen LogP contribution in [0.3, 0.4) is 0 Å². The highest BCUT2D eigenvalue weighted by molar-refractivity contribution is 5.81. The number of piperidine rings is 1. The lowest BCUT2D eigenvalue weighted by atomic mass is 9.86. The van der Waals surface area contributed by atoms with Gasteiger partial charge in [-0.15, -0.1) is 0 Å². The highest BCUT2D eigenvalue weighted by Gasteiger charge is 2.33. The Balaban J connectivity index is 1.76. The van der Waals surface area contributed by atoms with E-state index in [0.29, 0.717) is 17.9 Å². The molecule has 1 N–H and O–H groups in total. The number of halogens is 1. The zero-order valence-corrected chi connectivity index (χ0v) is 18.3. The summed E-state index contributed by atoms with van der Waals surface area (Å²) < 4.78 is 19.5. The van der Waals surface area contributed by atoms with Gasteiger partial charge in [-0.25, -0.2) is 4.39 Å². The number of likely N-dealkylation sites (tertiary alicyclic amines) is 1. The number of amides is 1. The van der Waals surface area contributed by atoms with Crippen LogP contribution in [0.5, 0.6) is 5.75 Å². The lowest BCUT2D eigenvalue weighted by molar-refractivity contribution is -0.130. The van der Waals surface area contributed by atoms with E-state index in [4.69, 9.17) is 4.74 Å². The Kier molecular flexibility index (Phi) is 7.08. The Morgan fingerprint density at radius 2 is 2.13 bits per heavy atom. The van der Waals surface area contributed by atoms with Crippen LogP contribution in [0.2, 0.25) is 0 Å². The third kappa shape index (κ3) is 5.57. The van der Waals surface area contributed by atoms with Gasteiger partial charge in [-0.2, -0.15) is 0 Å². The maximum Gasteiger partial charge on any atom is 0.225 e. The molecule has 1 amide bonds. The van der Waals surface area contributed by atoms with Crippen molar-refractivity contribution in [3.8, 4) is 5.75 Å². The van der Waals surface area contributed by atoms with E-state index in [1.54, 1.807) is 18.3 Å². The van der Waals surface area contributed by atoms with Crippen molar-refractivity contribution in [2.45, 2.75) is 46.2 Å². The summed E-state index contributed by atoms with van der Waals surface area (Å²) in [5.41, 5.74) is 1.05. The third-order valence-electron chi connectivity index (χ3n) is 5.64. The first kappa shape index (κ1) is 22.2. The van der Waals surface area contributed by atoms with Gasteiger partial charge in [0, 0.05) is 36.3 Å². The molecule has 2 heterocycles. The third-order valence-corrected chi connectivity index (χ3v) is 5.64. The van der Waals surface area contributed by atoms with Crippen LogP contribution in [0.1, 0.15) is 50.9 Å². The van der Waals surface area contributed by atoms with E-state index in [9.17, 15) is 9.18 Å². The summed E-state index contributed by atoms with van der Waals surface area (Å²) in [5, 5.41) is 3.24. The van der Waals surface area contributed by atoms with Crippen molar-refractivity contribution in [1.29, 1.82) is 0 Å². The molecule has 1 aromatic heterocycles. The van der Waals surface area contributed by atoms with Crippen molar-refractivity contribution in [3.05, 3.63) is 59.7 Å². The van der Waals surface area contributed by atoms with E-state index < -0.39 is 5.41 Å². The fourth-order valence-corrected chi connectivity index (χ4v) is 3.88. The minimum Gasteiger partial charge on any atom is -0.497 e. The fraction of sp³-hybridized carbons (Fsp3) is 0.500. The number of ether oxygens (including phenoxy) is 1. The molecule has 1 saturated heterocycles. The molecule has 30 heavy (non-hydrogen) atoms. The number of carbonyl (C=O) groups excluding carboxylic acids is 1. The maximum atomic E-state index is 14.4. The normalized spacial score (nSPS) is 18.6. The zero-order chi connectivity index (χ0) is 21.7. The van der Waals surface area contributed by atoms with Gasteiger partial charge in [-0.1, -0.05) is 32.9 Å². The van der Waals surface area contributed by atoms with Crippen LogP contribution >= 0.6 is 0 Å². The van der Waals surface area contributed by atoms with Crippen LogP contribution in [-0.2, 0) is 11.3 Å². The van der Waals surface area contributed by atoms with Crippen LogP contribution in [0.15, 0.2) is 42.6 Å². The molecule has 0 radical (unpaired) electrons. The molecule has 0 spiro atoms. The first-order chi connectivity index (χ1) is 14.3. The maximum absolute atomic E-state index is 14.4. The Bertz CT molecular complexity index is 851. The van der Waals surface area contributed by atoms with Crippen LogP contribution in [0.25, 0.3) is 0 Å². The van der Waals surface area contributed by atoms with Crippen molar-refractivity contribution >= 4 is 5.91 Å². The summed E-state index contributed by atoms with van der Waals surface area (Å²) in [4.78, 5) is 19.5. The predicted molar refractivity (Wildman–Crippen MR) is 116 cm³/mol. The lowest BCUT2D eigenvalue weighted by Gasteiger charge is -2.38. The standard InChI is InChI=1S/C24H32FN3O2/c1-24(2,3)23(29)27-22(21-9-5-6-12-26-21)18-8-7-13-28(16-18)15-17-10-11-19(30-4)14-20(17)25/h5-6,9-12,14,18,22H,7-8,13,15-16H2,1-4H3,(H,27,29). The summed E-state index contributed by atoms with van der Waals surface area (Å²) in [6.07, 6.45) is 3.75. The summed E-state index contributed by atoms with van der Waals surface area (Å²) in [6, 6.07) is 10.6. The van der Waals surface area contributed by atoms with Gasteiger partial charge in [0.25, 0.3) is 0 Å². The van der Waals surface area contributed by atoms with Crippen molar-refractivity contribution in [1.82, 2.24) is 15.2 Å². The molecule has 1 aliphatic rings. The molecule has 3 rings (SSSR count). The number of rotatable bonds is 6. The molecule has 162 valence electrons. The molecule has 1 aliphatic heterocycles. The van der Waals surface area contributed by atoms with E-state index in [2.05, 4.69) is 15.2 Å². The Morgan fingerprint density at radius 3 is 2.77 bits per heavy atom. The summed E-state index contributed by atoms with van der Waals surface area (Å²) in [6.45, 7) is 7.96. The average Bonchev–Trinajstić information content (AvgIpc) is 2.73. The van der Waals surface area contributed by atoms with Crippen LogP contribution in [-0.4, -0.2) is 36.0 Å². The van der Waals surface area contributed by atoms with Gasteiger partial charge in [0.2, 0.25) is 5.91 Å². The second-order valence-electron chi connectivity index (χ2n) is 9.05. The van der Waals surface area contributed by atoms with E-state index in [1.165, 1.54) is 13.2 Å². The molecule has 5 nitrogen and oxygen atoms in total.